The zero-order valence-corrected chi connectivity index (χ0v) is 20.2. The number of para-hydroxylation sites is 1. The number of ketones is 2. The van der Waals surface area contributed by atoms with Gasteiger partial charge in [0, 0.05) is 11.8 Å². The van der Waals surface area contributed by atoms with Gasteiger partial charge in [-0.2, -0.15) is 0 Å². The minimum absolute atomic E-state index is 0.0779. The van der Waals surface area contributed by atoms with Crippen LogP contribution < -0.4 is 11.4 Å². The van der Waals surface area contributed by atoms with E-state index in [-0.39, 0.29) is 24.5 Å². The van der Waals surface area contributed by atoms with Crippen molar-refractivity contribution in [3.63, 3.8) is 0 Å². The van der Waals surface area contributed by atoms with E-state index in [1.165, 1.54) is 33.6 Å². The average molecular weight is 502 g/mol. The second-order valence-corrected chi connectivity index (χ2v) is 10.2. The van der Waals surface area contributed by atoms with Crippen molar-refractivity contribution in [1.82, 2.24) is 13.9 Å². The van der Waals surface area contributed by atoms with Gasteiger partial charge in [0.1, 0.15) is 0 Å². The first-order valence-corrected chi connectivity index (χ1v) is 12.1. The molecule has 4 atom stereocenters. The summed E-state index contributed by atoms with van der Waals surface area (Å²) >= 11 is 0. The highest BCUT2D eigenvalue weighted by Crippen LogP contribution is 2.59. The molecule has 1 aliphatic heterocycles. The monoisotopic (exact) mass is 501 g/mol. The van der Waals surface area contributed by atoms with E-state index in [4.69, 9.17) is 0 Å². The molecule has 0 amide bonds. The summed E-state index contributed by atoms with van der Waals surface area (Å²) in [5, 5.41) is 9.80. The molecule has 9 heteroatoms. The Morgan fingerprint density at radius 2 is 1.76 bits per heavy atom. The van der Waals surface area contributed by atoms with Gasteiger partial charge in [-0.05, 0) is 60.4 Å². The molecule has 3 aromatic rings. The van der Waals surface area contributed by atoms with Crippen LogP contribution in [0.2, 0.25) is 0 Å². The van der Waals surface area contributed by atoms with Crippen molar-refractivity contribution in [2.24, 2.45) is 11.3 Å². The van der Waals surface area contributed by atoms with Crippen LogP contribution in [0.1, 0.15) is 37.8 Å². The molecule has 1 saturated carbocycles. The number of benzene rings is 2. The number of carbonyl (C=O) groups is 2. The molecule has 37 heavy (non-hydrogen) atoms. The fourth-order valence-corrected chi connectivity index (χ4v) is 6.42. The summed E-state index contributed by atoms with van der Waals surface area (Å²) in [6.07, 6.45) is 3.30. The van der Waals surface area contributed by atoms with Gasteiger partial charge in [0.15, 0.2) is 23.1 Å². The van der Waals surface area contributed by atoms with Crippen LogP contribution in [0.5, 0.6) is 5.75 Å². The standard InChI is InChI=1S/C28H24FN3O5/c1-15-12-23(34)28(2)19(25(15)35)14-21-18(24(28)16-8-9-22(33)20(29)13-16)10-11-30-26(36)31(27(37)32(21)30)17-6-4-3-5-7-17/h3-10,12-13,19,21,24,33H,11,14H2,1-2H3/t19-,21+,24-,28-/m0/s1. The Labute approximate surface area is 210 Å². The molecule has 0 radical (unpaired) electrons. The predicted octanol–water partition coefficient (Wildman–Crippen LogP) is 3.03. The van der Waals surface area contributed by atoms with Crippen molar-refractivity contribution >= 4 is 11.6 Å². The van der Waals surface area contributed by atoms with Crippen LogP contribution in [0.4, 0.5) is 4.39 Å². The molecule has 1 aromatic heterocycles. The highest BCUT2D eigenvalue weighted by Gasteiger charge is 2.59. The van der Waals surface area contributed by atoms with Crippen LogP contribution in [0.3, 0.4) is 0 Å². The molecule has 0 spiro atoms. The van der Waals surface area contributed by atoms with Gasteiger partial charge in [0.25, 0.3) is 0 Å². The van der Waals surface area contributed by atoms with Gasteiger partial charge in [0.05, 0.1) is 23.7 Å². The van der Waals surface area contributed by atoms with E-state index in [2.05, 4.69) is 0 Å². The topological polar surface area (TPSA) is 103 Å². The molecule has 0 saturated heterocycles. The highest BCUT2D eigenvalue weighted by molar-refractivity contribution is 6.13. The van der Waals surface area contributed by atoms with Crippen molar-refractivity contribution in [1.29, 1.82) is 0 Å². The summed E-state index contributed by atoms with van der Waals surface area (Å²) in [5.74, 6) is -3.36. The van der Waals surface area contributed by atoms with Crippen LogP contribution in [0.15, 0.2) is 81.4 Å². The normalized spacial score (nSPS) is 26.6. The first kappa shape index (κ1) is 23.1. The number of hydrogen-bond acceptors (Lipinski definition) is 5. The van der Waals surface area contributed by atoms with E-state index in [1.807, 2.05) is 0 Å². The maximum absolute atomic E-state index is 14.6. The van der Waals surface area contributed by atoms with E-state index >= 15 is 0 Å². The molecule has 8 nitrogen and oxygen atoms in total. The van der Waals surface area contributed by atoms with Crippen LogP contribution in [0.25, 0.3) is 5.69 Å². The first-order valence-electron chi connectivity index (χ1n) is 12.1. The van der Waals surface area contributed by atoms with Gasteiger partial charge in [0.2, 0.25) is 0 Å². The Morgan fingerprint density at radius 1 is 1.03 bits per heavy atom. The minimum Gasteiger partial charge on any atom is -0.505 e. The molecule has 6 rings (SSSR count). The summed E-state index contributed by atoms with van der Waals surface area (Å²) in [4.78, 5) is 54.0. The Hall–Kier alpha value is -4.27. The Bertz CT molecular complexity index is 1680. The molecule has 188 valence electrons. The molecule has 3 aliphatic rings. The van der Waals surface area contributed by atoms with E-state index in [0.29, 0.717) is 22.4 Å². The number of Topliss-reactive ketones (excluding diaryl/α,β-unsaturated/α-hetero) is 1. The first-order chi connectivity index (χ1) is 17.6. The van der Waals surface area contributed by atoms with Crippen molar-refractivity contribution in [2.45, 2.75) is 38.8 Å². The number of allylic oxidation sites excluding steroid dienone is 4. The maximum Gasteiger partial charge on any atom is 0.352 e. The molecule has 1 fully saturated rings. The lowest BCUT2D eigenvalue weighted by Crippen LogP contribution is -2.54. The zero-order valence-electron chi connectivity index (χ0n) is 20.2. The van der Waals surface area contributed by atoms with Crippen molar-refractivity contribution < 1.29 is 19.1 Å². The van der Waals surface area contributed by atoms with Crippen LogP contribution in [0, 0.1) is 17.2 Å². The number of nitrogens with zero attached hydrogens (tertiary/aromatic N) is 3. The van der Waals surface area contributed by atoms with Gasteiger partial charge in [-0.3, -0.25) is 9.59 Å². The summed E-state index contributed by atoms with van der Waals surface area (Å²) in [5.41, 5.74) is -0.436. The quantitative estimate of drug-likeness (QED) is 0.544. The number of phenolic OH excluding ortho intramolecular Hbond substituents is 1. The fourth-order valence-electron chi connectivity index (χ4n) is 6.42. The lowest BCUT2D eigenvalue weighted by molar-refractivity contribution is -0.139. The number of phenols is 1. The van der Waals surface area contributed by atoms with E-state index < -0.39 is 46.2 Å². The van der Waals surface area contributed by atoms with Gasteiger partial charge >= 0.3 is 11.4 Å². The second-order valence-electron chi connectivity index (χ2n) is 10.2. The highest BCUT2D eigenvalue weighted by atomic mass is 19.1. The van der Waals surface area contributed by atoms with Crippen LogP contribution in [-0.4, -0.2) is 30.6 Å². The van der Waals surface area contributed by atoms with E-state index in [1.54, 1.807) is 50.3 Å². The second kappa shape index (κ2) is 7.86. The minimum atomic E-state index is -1.23. The lowest BCUT2D eigenvalue weighted by atomic mass is 9.51. The summed E-state index contributed by atoms with van der Waals surface area (Å²) in [6, 6.07) is 11.8. The Kier molecular flexibility index (Phi) is 4.92. The van der Waals surface area contributed by atoms with Gasteiger partial charge < -0.3 is 5.11 Å². The van der Waals surface area contributed by atoms with Crippen molar-refractivity contribution in [2.75, 3.05) is 0 Å². The number of aromatic nitrogens is 3. The SMILES string of the molecule is CC1=CC(=O)[C@@]2(C)[C@@H](c3ccc(O)c(F)c3)C3=CCn4c(=O)n(-c5ccccc5)c(=O)n4[C@@H]3C[C@H]2C1=O. The third kappa shape index (κ3) is 3.06. The van der Waals surface area contributed by atoms with Crippen LogP contribution >= 0.6 is 0 Å². The summed E-state index contributed by atoms with van der Waals surface area (Å²) in [6.45, 7) is 3.39. The molecule has 2 aromatic carbocycles. The number of halogens is 1. The molecule has 1 N–H and O–H groups in total. The number of hydrogen-bond donors (Lipinski definition) is 1. The molecule has 2 aliphatic carbocycles. The lowest BCUT2D eigenvalue weighted by Gasteiger charge is -2.52. The molecular weight excluding hydrogens is 477 g/mol. The number of carbonyl (C=O) groups excluding carboxylic acids is 2. The van der Waals surface area contributed by atoms with E-state index in [0.717, 1.165) is 4.57 Å². The molecule has 0 unspecified atom stereocenters. The predicted molar refractivity (Wildman–Crippen MR) is 132 cm³/mol. The fraction of sp³-hybridized carbons (Fsp3) is 0.286. The Balaban J connectivity index is 1.60. The number of rotatable bonds is 2. The van der Waals surface area contributed by atoms with Gasteiger partial charge in [-0.1, -0.05) is 37.3 Å². The number of fused-ring (bicyclic) bond motifs is 4. The third-order valence-electron chi connectivity index (χ3n) is 8.26. The summed E-state index contributed by atoms with van der Waals surface area (Å²) in [7, 11) is 0. The molecular formula is C28H24FN3O5. The smallest absolute Gasteiger partial charge is 0.352 e. The van der Waals surface area contributed by atoms with E-state index in [9.17, 15) is 28.7 Å². The van der Waals surface area contributed by atoms with Crippen LogP contribution in [-0.2, 0) is 16.1 Å². The largest absolute Gasteiger partial charge is 0.505 e. The Morgan fingerprint density at radius 3 is 2.46 bits per heavy atom. The van der Waals surface area contributed by atoms with Gasteiger partial charge in [-0.15, -0.1) is 0 Å². The number of aromatic hydroxyl groups is 1. The maximum atomic E-state index is 14.6. The van der Waals surface area contributed by atoms with Crippen molar-refractivity contribution in [3.8, 4) is 11.4 Å². The summed E-state index contributed by atoms with van der Waals surface area (Å²) < 4.78 is 18.4. The molecule has 2 heterocycles. The van der Waals surface area contributed by atoms with Gasteiger partial charge in [-0.25, -0.2) is 27.9 Å². The van der Waals surface area contributed by atoms with Crippen molar-refractivity contribution in [3.05, 3.63) is 104 Å². The molecule has 0 bridgehead atoms. The third-order valence-corrected chi connectivity index (χ3v) is 8.26. The zero-order chi connectivity index (χ0) is 26.2. The average Bonchev–Trinajstić information content (AvgIpc) is 3.14.